The molecule has 3 aliphatic rings. The summed E-state index contributed by atoms with van der Waals surface area (Å²) in [6, 6.07) is 4.59. The Hall–Kier alpha value is -3.76. The Morgan fingerprint density at radius 3 is 2.07 bits per heavy atom. The number of hydrogen-bond donors (Lipinski definition) is 4. The number of Topliss-reactive ketones (excluding diaryl/α,β-unsaturated/α-hetero) is 2. The van der Waals surface area contributed by atoms with Gasteiger partial charge in [0.2, 0.25) is 17.6 Å². The number of nitrogens with one attached hydrogen (secondary N) is 3. The zero-order valence-electron chi connectivity index (χ0n) is 27.8. The van der Waals surface area contributed by atoms with E-state index in [-0.39, 0.29) is 29.5 Å². The highest BCUT2D eigenvalue weighted by Crippen LogP contribution is 2.36. The van der Waals surface area contributed by atoms with Gasteiger partial charge in [-0.15, -0.1) is 0 Å². The molecule has 0 aromatic heterocycles. The molecular weight excluding hydrogens is 586 g/mol. The van der Waals surface area contributed by atoms with Crippen LogP contribution in [-0.4, -0.2) is 70.9 Å². The third kappa shape index (κ3) is 8.53. The predicted octanol–water partition coefficient (Wildman–Crippen LogP) is 3.35. The van der Waals surface area contributed by atoms with Gasteiger partial charge in [0.25, 0.3) is 5.91 Å². The van der Waals surface area contributed by atoms with Gasteiger partial charge < -0.3 is 26.6 Å². The Kier molecular flexibility index (Phi) is 11.3. The molecule has 1 aromatic rings. The maximum absolute atomic E-state index is 14.3. The highest BCUT2D eigenvalue weighted by Gasteiger charge is 2.48. The second-order valence-corrected chi connectivity index (χ2v) is 14.8. The molecule has 2 unspecified atom stereocenters. The SMILES string of the molecule is CC(C)C1CCN(C(=O)[C@@H](NC(=O)N[C@H](C(=O)c2ccccc2)C2CCCC2)C(C)(C)C)[C@@H]1C(=O)NC(CC1CC1)C(=O)C(N)=O. The first-order valence-electron chi connectivity index (χ1n) is 16.8. The minimum atomic E-state index is -1.10. The minimum absolute atomic E-state index is 0.00704. The van der Waals surface area contributed by atoms with E-state index in [4.69, 9.17) is 5.73 Å². The number of primary amides is 1. The second-order valence-electron chi connectivity index (χ2n) is 14.8. The minimum Gasteiger partial charge on any atom is -0.363 e. The Labute approximate surface area is 272 Å². The number of amides is 5. The van der Waals surface area contributed by atoms with Crippen LogP contribution in [-0.2, 0) is 19.2 Å². The van der Waals surface area contributed by atoms with E-state index in [2.05, 4.69) is 16.0 Å². The lowest BCUT2D eigenvalue weighted by Gasteiger charge is -2.37. The first-order chi connectivity index (χ1) is 21.7. The summed E-state index contributed by atoms with van der Waals surface area (Å²) < 4.78 is 0. The average Bonchev–Trinajstić information content (AvgIpc) is 3.45. The quantitative estimate of drug-likeness (QED) is 0.191. The lowest BCUT2D eigenvalue weighted by Crippen LogP contribution is -2.62. The van der Waals surface area contributed by atoms with Crippen molar-refractivity contribution in [2.24, 2.45) is 34.8 Å². The number of nitrogens with zero attached hydrogens (tertiary/aromatic N) is 1. The van der Waals surface area contributed by atoms with E-state index in [1.54, 1.807) is 24.3 Å². The molecule has 11 heteroatoms. The van der Waals surface area contributed by atoms with Gasteiger partial charge in [0.1, 0.15) is 12.1 Å². The van der Waals surface area contributed by atoms with Crippen LogP contribution in [0.3, 0.4) is 0 Å². The first-order valence-corrected chi connectivity index (χ1v) is 16.8. The van der Waals surface area contributed by atoms with Crippen molar-refractivity contribution in [1.29, 1.82) is 0 Å². The molecule has 1 heterocycles. The first kappa shape index (κ1) is 35.1. The summed E-state index contributed by atoms with van der Waals surface area (Å²) in [7, 11) is 0. The van der Waals surface area contributed by atoms with E-state index >= 15 is 0 Å². The van der Waals surface area contributed by atoms with E-state index in [0.29, 0.717) is 24.9 Å². The number of carbonyl (C=O) groups is 6. The third-order valence-electron chi connectivity index (χ3n) is 9.88. The largest absolute Gasteiger partial charge is 0.363 e. The number of carbonyl (C=O) groups excluding carboxylic acids is 6. The molecule has 11 nitrogen and oxygen atoms in total. The molecule has 0 bridgehead atoms. The molecule has 1 aliphatic heterocycles. The van der Waals surface area contributed by atoms with Gasteiger partial charge in [-0.25, -0.2) is 4.79 Å². The zero-order chi connectivity index (χ0) is 33.8. The molecule has 2 aliphatic carbocycles. The van der Waals surface area contributed by atoms with Crippen molar-refractivity contribution in [3.63, 3.8) is 0 Å². The number of ketones is 2. The number of hydrogen-bond acceptors (Lipinski definition) is 6. The molecule has 5 atom stereocenters. The number of nitrogens with two attached hydrogens (primary N) is 1. The van der Waals surface area contributed by atoms with Crippen LogP contribution in [0.4, 0.5) is 4.79 Å². The molecule has 46 heavy (non-hydrogen) atoms. The van der Waals surface area contributed by atoms with E-state index in [0.717, 1.165) is 38.5 Å². The summed E-state index contributed by atoms with van der Waals surface area (Å²) in [4.78, 5) is 81.2. The fourth-order valence-electron chi connectivity index (χ4n) is 7.04. The molecule has 1 saturated heterocycles. The fourth-order valence-corrected chi connectivity index (χ4v) is 7.04. The van der Waals surface area contributed by atoms with Crippen molar-refractivity contribution < 1.29 is 28.8 Å². The van der Waals surface area contributed by atoms with Gasteiger partial charge in [-0.3, -0.25) is 24.0 Å². The predicted molar refractivity (Wildman–Crippen MR) is 173 cm³/mol. The summed E-state index contributed by atoms with van der Waals surface area (Å²) in [5, 5.41) is 8.54. The van der Waals surface area contributed by atoms with Gasteiger partial charge in [-0.1, -0.05) is 90.6 Å². The van der Waals surface area contributed by atoms with Crippen molar-refractivity contribution in [3.05, 3.63) is 35.9 Å². The molecule has 252 valence electrons. The van der Waals surface area contributed by atoms with Gasteiger partial charge in [0.05, 0.1) is 12.1 Å². The summed E-state index contributed by atoms with van der Waals surface area (Å²) in [5.74, 6) is -2.95. The Morgan fingerprint density at radius 1 is 0.891 bits per heavy atom. The maximum atomic E-state index is 14.3. The Morgan fingerprint density at radius 2 is 1.52 bits per heavy atom. The second kappa shape index (κ2) is 14.8. The van der Waals surface area contributed by atoms with E-state index < -0.39 is 59.1 Å². The van der Waals surface area contributed by atoms with Crippen LogP contribution in [0.5, 0.6) is 0 Å². The molecule has 0 radical (unpaired) electrons. The molecular formula is C35H51N5O6. The van der Waals surface area contributed by atoms with Gasteiger partial charge in [-0.2, -0.15) is 0 Å². The fraction of sp³-hybridized carbons (Fsp3) is 0.657. The Bertz CT molecular complexity index is 1300. The summed E-state index contributed by atoms with van der Waals surface area (Å²) in [6.45, 7) is 9.76. The van der Waals surface area contributed by atoms with Crippen LogP contribution in [0, 0.1) is 29.1 Å². The third-order valence-corrected chi connectivity index (χ3v) is 9.88. The number of rotatable bonds is 13. The molecule has 2 saturated carbocycles. The number of urea groups is 1. The maximum Gasteiger partial charge on any atom is 0.316 e. The van der Waals surface area contributed by atoms with Crippen LogP contribution in [0.15, 0.2) is 30.3 Å². The van der Waals surface area contributed by atoms with Crippen LogP contribution < -0.4 is 21.7 Å². The summed E-state index contributed by atoms with van der Waals surface area (Å²) >= 11 is 0. The van der Waals surface area contributed by atoms with Crippen LogP contribution in [0.2, 0.25) is 0 Å². The average molecular weight is 638 g/mol. The van der Waals surface area contributed by atoms with Crippen molar-refractivity contribution in [2.75, 3.05) is 6.54 Å². The van der Waals surface area contributed by atoms with Gasteiger partial charge in [0.15, 0.2) is 5.78 Å². The van der Waals surface area contributed by atoms with Crippen LogP contribution in [0.1, 0.15) is 96.3 Å². The highest BCUT2D eigenvalue weighted by molar-refractivity contribution is 6.37. The molecule has 1 aromatic carbocycles. The zero-order valence-corrected chi connectivity index (χ0v) is 27.8. The normalized spacial score (nSPS) is 22.2. The van der Waals surface area contributed by atoms with Crippen molar-refractivity contribution >= 4 is 35.3 Å². The number of benzene rings is 1. The lowest BCUT2D eigenvalue weighted by atomic mass is 9.84. The van der Waals surface area contributed by atoms with E-state index in [1.807, 2.05) is 40.7 Å². The summed E-state index contributed by atoms with van der Waals surface area (Å²) in [5.41, 5.74) is 5.08. The molecule has 0 spiro atoms. The van der Waals surface area contributed by atoms with Crippen molar-refractivity contribution in [2.45, 2.75) is 110 Å². The van der Waals surface area contributed by atoms with Crippen molar-refractivity contribution in [1.82, 2.24) is 20.9 Å². The van der Waals surface area contributed by atoms with Gasteiger partial charge >= 0.3 is 6.03 Å². The van der Waals surface area contributed by atoms with E-state index in [9.17, 15) is 28.8 Å². The van der Waals surface area contributed by atoms with E-state index in [1.165, 1.54) is 4.90 Å². The lowest BCUT2D eigenvalue weighted by molar-refractivity contribution is -0.144. The number of likely N-dealkylation sites (tertiary alicyclic amines) is 1. The smallest absolute Gasteiger partial charge is 0.316 e. The Balaban J connectivity index is 1.54. The van der Waals surface area contributed by atoms with Crippen molar-refractivity contribution in [3.8, 4) is 0 Å². The van der Waals surface area contributed by atoms with Gasteiger partial charge in [-0.05, 0) is 54.8 Å². The standard InChI is InChI=1S/C35H51N5O6/c1-20(2)24-17-18-40(27(24)32(44)37-25(19-21-15-16-21)29(42)31(36)43)33(45)30(35(3,4)5)39-34(46)38-26(22-11-9-10-12-22)28(41)23-13-7-6-8-14-23/h6-8,13-14,20-22,24-27,30H,9-12,15-19H2,1-5H3,(H2,36,43)(H,37,44)(H2,38,39,46)/t24?,25?,26-,27-,30+/m0/s1. The van der Waals surface area contributed by atoms with Crippen LogP contribution in [0.25, 0.3) is 0 Å². The van der Waals surface area contributed by atoms with Gasteiger partial charge in [0, 0.05) is 12.1 Å². The monoisotopic (exact) mass is 637 g/mol. The topological polar surface area (TPSA) is 168 Å². The molecule has 3 fully saturated rings. The molecule has 5 N–H and O–H groups in total. The van der Waals surface area contributed by atoms with Crippen LogP contribution >= 0.6 is 0 Å². The summed E-state index contributed by atoms with van der Waals surface area (Å²) in [6.07, 6.45) is 6.35. The highest BCUT2D eigenvalue weighted by atomic mass is 16.2. The molecule has 5 amide bonds. The molecule has 4 rings (SSSR count).